The minimum atomic E-state index is -0.385. The van der Waals surface area contributed by atoms with Gasteiger partial charge in [0, 0.05) is 19.8 Å². The lowest BCUT2D eigenvalue weighted by Gasteiger charge is -2.04. The Labute approximate surface area is 136 Å². The largest absolute Gasteiger partial charge is 0.332 e. The Bertz CT molecular complexity index is 1220. The van der Waals surface area contributed by atoms with Gasteiger partial charge >= 0.3 is 5.69 Å². The van der Waals surface area contributed by atoms with E-state index in [1.807, 2.05) is 38.1 Å². The summed E-state index contributed by atoms with van der Waals surface area (Å²) < 4.78 is 4.28. The number of rotatable bonds is 1. The van der Waals surface area contributed by atoms with Crippen LogP contribution in [0.5, 0.6) is 0 Å². The van der Waals surface area contributed by atoms with E-state index >= 15 is 0 Å². The van der Waals surface area contributed by atoms with E-state index in [9.17, 15) is 9.59 Å². The molecule has 0 fully saturated rings. The average molecular weight is 323 g/mol. The number of aromatic nitrogens is 5. The van der Waals surface area contributed by atoms with Crippen LogP contribution in [0.15, 0.2) is 33.9 Å². The van der Waals surface area contributed by atoms with E-state index < -0.39 is 0 Å². The van der Waals surface area contributed by atoms with E-state index in [-0.39, 0.29) is 11.2 Å². The molecule has 1 aromatic carbocycles. The Kier molecular flexibility index (Phi) is 2.84. The van der Waals surface area contributed by atoms with Gasteiger partial charge in [-0.2, -0.15) is 4.98 Å². The molecule has 0 saturated heterocycles. The lowest BCUT2D eigenvalue weighted by molar-refractivity contribution is 0.707. The molecule has 0 unspecified atom stereocenters. The second-order valence-electron chi connectivity index (χ2n) is 6.10. The molecule has 3 aromatic heterocycles. The highest BCUT2D eigenvalue weighted by Crippen LogP contribution is 2.26. The van der Waals surface area contributed by atoms with Crippen LogP contribution in [0.4, 0.5) is 0 Å². The Morgan fingerprint density at radius 3 is 2.33 bits per heavy atom. The summed E-state index contributed by atoms with van der Waals surface area (Å²) in [6.07, 6.45) is 0. The number of fused-ring (bicyclic) bond motifs is 3. The summed E-state index contributed by atoms with van der Waals surface area (Å²) in [5, 5.41) is 0. The Morgan fingerprint density at radius 1 is 1.00 bits per heavy atom. The van der Waals surface area contributed by atoms with Crippen LogP contribution in [0.3, 0.4) is 0 Å². The SMILES string of the molecule is Cc1ccc(-c2[nH]c3nc4c(c(=O)n(C)c(=O)n4C)n3c2C)cc1. The first kappa shape index (κ1) is 14.5. The van der Waals surface area contributed by atoms with E-state index in [0.717, 1.165) is 21.5 Å². The molecule has 0 aliphatic carbocycles. The first-order valence-corrected chi connectivity index (χ1v) is 7.64. The molecule has 0 aliphatic heterocycles. The van der Waals surface area contributed by atoms with Gasteiger partial charge in [0.1, 0.15) is 0 Å². The number of hydrogen-bond donors (Lipinski definition) is 1. The predicted molar refractivity (Wildman–Crippen MR) is 92.4 cm³/mol. The molecule has 7 heteroatoms. The highest BCUT2D eigenvalue weighted by atomic mass is 16.2. The number of aryl methyl sites for hydroxylation is 3. The van der Waals surface area contributed by atoms with Gasteiger partial charge in [0.05, 0.1) is 5.69 Å². The summed E-state index contributed by atoms with van der Waals surface area (Å²) in [4.78, 5) is 32.4. The second-order valence-corrected chi connectivity index (χ2v) is 6.10. The summed E-state index contributed by atoms with van der Waals surface area (Å²) >= 11 is 0. The number of nitrogens with one attached hydrogen (secondary N) is 1. The topological polar surface area (TPSA) is 77.1 Å². The van der Waals surface area contributed by atoms with Gasteiger partial charge in [-0.3, -0.25) is 18.3 Å². The van der Waals surface area contributed by atoms with Crippen molar-refractivity contribution in [2.45, 2.75) is 13.8 Å². The van der Waals surface area contributed by atoms with Crippen LogP contribution in [0.1, 0.15) is 11.3 Å². The molecule has 0 atom stereocenters. The first-order valence-electron chi connectivity index (χ1n) is 7.64. The minimum Gasteiger partial charge on any atom is -0.323 e. The molecule has 24 heavy (non-hydrogen) atoms. The fourth-order valence-electron chi connectivity index (χ4n) is 3.12. The van der Waals surface area contributed by atoms with Crippen LogP contribution in [-0.2, 0) is 14.1 Å². The quantitative estimate of drug-likeness (QED) is 0.576. The average Bonchev–Trinajstić information content (AvgIpc) is 3.09. The molecular formula is C17H17N5O2. The van der Waals surface area contributed by atoms with Gasteiger partial charge in [-0.25, -0.2) is 4.79 Å². The number of aromatic amines is 1. The number of benzene rings is 1. The van der Waals surface area contributed by atoms with E-state index in [0.29, 0.717) is 16.9 Å². The molecule has 0 bridgehead atoms. The third-order valence-corrected chi connectivity index (χ3v) is 4.53. The van der Waals surface area contributed by atoms with Gasteiger partial charge in [-0.05, 0) is 19.4 Å². The van der Waals surface area contributed by atoms with Gasteiger partial charge in [0.2, 0.25) is 5.78 Å². The maximum absolute atomic E-state index is 12.6. The molecule has 0 saturated carbocycles. The van der Waals surface area contributed by atoms with Crippen LogP contribution < -0.4 is 11.2 Å². The normalized spacial score (nSPS) is 11.7. The van der Waals surface area contributed by atoms with Crippen molar-refractivity contribution < 1.29 is 0 Å². The number of imidazole rings is 2. The molecule has 3 heterocycles. The van der Waals surface area contributed by atoms with Crippen molar-refractivity contribution in [1.82, 2.24) is 23.5 Å². The fraction of sp³-hybridized carbons (Fsp3) is 0.235. The zero-order valence-electron chi connectivity index (χ0n) is 13.9. The molecule has 0 aliphatic rings. The van der Waals surface area contributed by atoms with Gasteiger partial charge in [0.15, 0.2) is 11.2 Å². The standard InChI is InChI=1S/C17H17N5O2/c1-9-5-7-11(8-6-9)12-10(2)22-13-14(19-16(22)18-12)20(3)17(24)21(4)15(13)23/h5-8H,1-4H3,(H,18,19). The zero-order valence-corrected chi connectivity index (χ0v) is 13.9. The van der Waals surface area contributed by atoms with Crippen LogP contribution >= 0.6 is 0 Å². The van der Waals surface area contributed by atoms with Crippen molar-refractivity contribution >= 4 is 16.9 Å². The van der Waals surface area contributed by atoms with E-state index in [1.165, 1.54) is 17.2 Å². The molecule has 7 nitrogen and oxygen atoms in total. The number of H-pyrrole nitrogens is 1. The maximum Gasteiger partial charge on any atom is 0.332 e. The maximum atomic E-state index is 12.6. The van der Waals surface area contributed by atoms with Crippen LogP contribution in [0.2, 0.25) is 0 Å². The molecule has 1 N–H and O–H groups in total. The highest BCUT2D eigenvalue weighted by molar-refractivity contribution is 5.79. The van der Waals surface area contributed by atoms with Crippen LogP contribution in [-0.4, -0.2) is 23.5 Å². The van der Waals surface area contributed by atoms with Gasteiger partial charge in [-0.15, -0.1) is 0 Å². The van der Waals surface area contributed by atoms with Crippen LogP contribution in [0, 0.1) is 13.8 Å². The lowest BCUT2D eigenvalue weighted by atomic mass is 10.1. The molecular weight excluding hydrogens is 306 g/mol. The van der Waals surface area contributed by atoms with Crippen molar-refractivity contribution in [3.8, 4) is 11.3 Å². The van der Waals surface area contributed by atoms with Crippen LogP contribution in [0.25, 0.3) is 28.2 Å². The number of nitrogens with zero attached hydrogens (tertiary/aromatic N) is 4. The van der Waals surface area contributed by atoms with Gasteiger partial charge < -0.3 is 4.98 Å². The van der Waals surface area contributed by atoms with Gasteiger partial charge in [0.25, 0.3) is 5.56 Å². The Morgan fingerprint density at radius 2 is 1.67 bits per heavy atom. The third-order valence-electron chi connectivity index (χ3n) is 4.53. The Hall–Kier alpha value is -3.09. The smallest absolute Gasteiger partial charge is 0.323 e. The molecule has 0 radical (unpaired) electrons. The molecule has 4 aromatic rings. The summed E-state index contributed by atoms with van der Waals surface area (Å²) in [6, 6.07) is 8.14. The second kappa shape index (κ2) is 4.70. The van der Waals surface area contributed by atoms with E-state index in [2.05, 4.69) is 9.97 Å². The lowest BCUT2D eigenvalue weighted by Crippen LogP contribution is -2.37. The van der Waals surface area contributed by atoms with Crippen molar-refractivity contribution in [3.63, 3.8) is 0 Å². The van der Waals surface area contributed by atoms with Gasteiger partial charge in [-0.1, -0.05) is 29.8 Å². The molecule has 122 valence electrons. The minimum absolute atomic E-state index is 0.349. The molecule has 0 amide bonds. The van der Waals surface area contributed by atoms with Crippen molar-refractivity contribution in [2.24, 2.45) is 14.1 Å². The van der Waals surface area contributed by atoms with Crippen molar-refractivity contribution in [3.05, 3.63) is 56.4 Å². The summed E-state index contributed by atoms with van der Waals surface area (Å²) in [5.41, 5.74) is 4.06. The number of hydrogen-bond acceptors (Lipinski definition) is 3. The monoisotopic (exact) mass is 323 g/mol. The summed E-state index contributed by atoms with van der Waals surface area (Å²) in [7, 11) is 3.10. The first-order chi connectivity index (χ1) is 11.4. The predicted octanol–water partition coefficient (Wildman–Crippen LogP) is 1.50. The molecule has 4 rings (SSSR count). The summed E-state index contributed by atoms with van der Waals surface area (Å²) in [5.74, 6) is 0.552. The Balaban J connectivity index is 2.13. The summed E-state index contributed by atoms with van der Waals surface area (Å²) in [6.45, 7) is 3.97. The molecule has 0 spiro atoms. The zero-order chi connectivity index (χ0) is 17.2. The van der Waals surface area contributed by atoms with E-state index in [4.69, 9.17) is 0 Å². The van der Waals surface area contributed by atoms with E-state index in [1.54, 1.807) is 11.4 Å². The van der Waals surface area contributed by atoms with Crippen molar-refractivity contribution in [1.29, 1.82) is 0 Å². The van der Waals surface area contributed by atoms with Crippen molar-refractivity contribution in [2.75, 3.05) is 0 Å². The third kappa shape index (κ3) is 1.75. The fourth-order valence-corrected chi connectivity index (χ4v) is 3.12. The highest BCUT2D eigenvalue weighted by Gasteiger charge is 2.20.